The lowest BCUT2D eigenvalue weighted by atomic mass is 9.71. The fourth-order valence-corrected chi connectivity index (χ4v) is 3.75. The summed E-state index contributed by atoms with van der Waals surface area (Å²) in [4.78, 5) is 23.0. The van der Waals surface area contributed by atoms with E-state index in [9.17, 15) is 9.59 Å². The van der Waals surface area contributed by atoms with E-state index < -0.39 is 5.97 Å². The van der Waals surface area contributed by atoms with Crippen LogP contribution >= 0.6 is 0 Å². The number of hydrogen-bond acceptors (Lipinski definition) is 3. The maximum Gasteiger partial charge on any atom is 0.303 e. The van der Waals surface area contributed by atoms with Crippen molar-refractivity contribution in [2.45, 2.75) is 70.3 Å². The first-order valence-corrected chi connectivity index (χ1v) is 8.32. The van der Waals surface area contributed by atoms with Crippen LogP contribution in [0, 0.1) is 5.41 Å². The van der Waals surface area contributed by atoms with Crippen molar-refractivity contribution in [3.8, 4) is 0 Å². The fraction of sp³-hybridized carbons (Fsp3) is 0.875. The average molecular weight is 296 g/mol. The monoisotopic (exact) mass is 296 g/mol. The largest absolute Gasteiger partial charge is 0.481 e. The Kier molecular flexibility index (Phi) is 6.03. The summed E-state index contributed by atoms with van der Waals surface area (Å²) in [7, 11) is 0. The van der Waals surface area contributed by atoms with Crippen molar-refractivity contribution in [1.82, 2.24) is 10.6 Å². The van der Waals surface area contributed by atoms with E-state index in [1.165, 1.54) is 19.3 Å². The molecule has 0 radical (unpaired) electrons. The quantitative estimate of drug-likeness (QED) is 0.672. The molecule has 0 spiro atoms. The second kappa shape index (κ2) is 7.78. The molecular formula is C16H28N2O3. The summed E-state index contributed by atoms with van der Waals surface area (Å²) in [6, 6.07) is 0.485. The lowest BCUT2D eigenvalue weighted by Gasteiger charge is -2.36. The fourth-order valence-electron chi connectivity index (χ4n) is 3.75. The van der Waals surface area contributed by atoms with Crippen LogP contribution < -0.4 is 10.6 Å². The van der Waals surface area contributed by atoms with E-state index in [1.807, 2.05) is 0 Å². The highest BCUT2D eigenvalue weighted by molar-refractivity contribution is 5.78. The van der Waals surface area contributed by atoms with Gasteiger partial charge in [-0.2, -0.15) is 0 Å². The zero-order valence-electron chi connectivity index (χ0n) is 12.8. The minimum absolute atomic E-state index is 0.00256. The molecule has 2 saturated carbocycles. The molecule has 3 N–H and O–H groups in total. The van der Waals surface area contributed by atoms with Gasteiger partial charge >= 0.3 is 5.97 Å². The molecule has 2 fully saturated rings. The van der Waals surface area contributed by atoms with Gasteiger partial charge in [0.05, 0.1) is 13.0 Å². The van der Waals surface area contributed by atoms with E-state index in [0.29, 0.717) is 19.1 Å². The van der Waals surface area contributed by atoms with E-state index in [2.05, 4.69) is 10.6 Å². The number of carboxylic acid groups (broad SMARTS) is 1. The zero-order valence-corrected chi connectivity index (χ0v) is 12.8. The van der Waals surface area contributed by atoms with E-state index in [1.54, 1.807) is 0 Å². The summed E-state index contributed by atoms with van der Waals surface area (Å²) < 4.78 is 0. The van der Waals surface area contributed by atoms with Gasteiger partial charge in [0, 0.05) is 12.6 Å². The highest BCUT2D eigenvalue weighted by Gasteiger charge is 2.34. The molecule has 0 aromatic carbocycles. The van der Waals surface area contributed by atoms with Crippen molar-refractivity contribution in [1.29, 1.82) is 0 Å². The van der Waals surface area contributed by atoms with Gasteiger partial charge in [-0.15, -0.1) is 0 Å². The smallest absolute Gasteiger partial charge is 0.303 e. The standard InChI is InChI=1S/C16H28N2O3/c19-14(11-17-13-6-2-3-7-13)18-12-16(10-15(20)21)8-4-1-5-9-16/h13,17H,1-12H2,(H,18,19)(H,20,21). The van der Waals surface area contributed by atoms with Gasteiger partial charge in [0.1, 0.15) is 0 Å². The van der Waals surface area contributed by atoms with Crippen molar-refractivity contribution >= 4 is 11.9 Å². The molecule has 1 amide bonds. The summed E-state index contributed by atoms with van der Waals surface area (Å²) in [6.07, 6.45) is 10.1. The number of aliphatic carboxylic acids is 1. The second-order valence-electron chi connectivity index (χ2n) is 6.77. The highest BCUT2D eigenvalue weighted by atomic mass is 16.4. The van der Waals surface area contributed by atoms with Gasteiger partial charge in [0.15, 0.2) is 0 Å². The zero-order chi connectivity index (χ0) is 15.1. The van der Waals surface area contributed by atoms with Crippen molar-refractivity contribution in [3.63, 3.8) is 0 Å². The summed E-state index contributed by atoms with van der Waals surface area (Å²) in [5.74, 6) is -0.757. The predicted molar refractivity (Wildman–Crippen MR) is 81.0 cm³/mol. The maximum atomic E-state index is 11.9. The van der Waals surface area contributed by atoms with Crippen molar-refractivity contribution in [2.24, 2.45) is 5.41 Å². The number of rotatable bonds is 7. The molecule has 5 nitrogen and oxygen atoms in total. The van der Waals surface area contributed by atoms with Crippen LogP contribution in [0.25, 0.3) is 0 Å². The second-order valence-corrected chi connectivity index (χ2v) is 6.77. The number of amides is 1. The molecule has 0 aromatic rings. The summed E-state index contributed by atoms with van der Waals surface area (Å²) in [6.45, 7) is 0.859. The number of carbonyl (C=O) groups excluding carboxylic acids is 1. The van der Waals surface area contributed by atoms with Crippen LogP contribution in [0.2, 0.25) is 0 Å². The molecule has 0 aromatic heterocycles. The van der Waals surface area contributed by atoms with Gasteiger partial charge < -0.3 is 15.7 Å². The average Bonchev–Trinajstić information content (AvgIpc) is 2.96. The van der Waals surface area contributed by atoms with Gasteiger partial charge in [-0.05, 0) is 31.1 Å². The number of carboxylic acids is 1. The molecule has 2 aliphatic rings. The Morgan fingerprint density at radius 1 is 1.05 bits per heavy atom. The third kappa shape index (κ3) is 5.30. The van der Waals surface area contributed by atoms with E-state index in [0.717, 1.165) is 38.5 Å². The van der Waals surface area contributed by atoms with Gasteiger partial charge in [-0.3, -0.25) is 9.59 Å². The summed E-state index contributed by atoms with van der Waals surface area (Å²) >= 11 is 0. The normalized spacial score (nSPS) is 22.1. The summed E-state index contributed by atoms with van der Waals surface area (Å²) in [5.41, 5.74) is -0.229. The Balaban J connectivity index is 1.74. The molecule has 0 saturated heterocycles. The van der Waals surface area contributed by atoms with Gasteiger partial charge in [0.2, 0.25) is 5.91 Å². The molecule has 120 valence electrons. The number of nitrogens with one attached hydrogen (secondary N) is 2. The minimum atomic E-state index is -0.754. The van der Waals surface area contributed by atoms with Crippen molar-refractivity contribution < 1.29 is 14.7 Å². The molecule has 0 atom stereocenters. The molecule has 2 rings (SSSR count). The molecule has 0 bridgehead atoms. The van der Waals surface area contributed by atoms with Crippen LogP contribution in [0.3, 0.4) is 0 Å². The Morgan fingerprint density at radius 2 is 1.71 bits per heavy atom. The third-order valence-corrected chi connectivity index (χ3v) is 5.01. The maximum absolute atomic E-state index is 11.9. The SMILES string of the molecule is O=C(O)CC1(CNC(=O)CNC2CCCC2)CCCCC1. The van der Waals surface area contributed by atoms with Crippen LogP contribution in [-0.4, -0.2) is 36.1 Å². The Morgan fingerprint density at radius 3 is 2.33 bits per heavy atom. The van der Waals surface area contributed by atoms with Crippen LogP contribution in [-0.2, 0) is 9.59 Å². The first-order valence-electron chi connectivity index (χ1n) is 8.32. The predicted octanol–water partition coefficient (Wildman–Crippen LogP) is 2.06. The number of hydrogen-bond donors (Lipinski definition) is 3. The van der Waals surface area contributed by atoms with Gasteiger partial charge in [-0.1, -0.05) is 32.1 Å². The minimum Gasteiger partial charge on any atom is -0.481 e. The first-order chi connectivity index (χ1) is 10.1. The van der Waals surface area contributed by atoms with Crippen molar-refractivity contribution in [2.75, 3.05) is 13.1 Å². The third-order valence-electron chi connectivity index (χ3n) is 5.01. The lowest BCUT2D eigenvalue weighted by Crippen LogP contribution is -2.44. The Bertz CT molecular complexity index is 359. The van der Waals surface area contributed by atoms with E-state index in [-0.39, 0.29) is 17.7 Å². The molecule has 0 heterocycles. The molecule has 2 aliphatic carbocycles. The first kappa shape index (κ1) is 16.3. The molecular weight excluding hydrogens is 268 g/mol. The van der Waals surface area contributed by atoms with Crippen molar-refractivity contribution in [3.05, 3.63) is 0 Å². The Labute approximate surface area is 126 Å². The van der Waals surface area contributed by atoms with Crippen LogP contribution in [0.5, 0.6) is 0 Å². The van der Waals surface area contributed by atoms with Crippen LogP contribution in [0.4, 0.5) is 0 Å². The van der Waals surface area contributed by atoms with E-state index in [4.69, 9.17) is 5.11 Å². The van der Waals surface area contributed by atoms with Crippen LogP contribution in [0.15, 0.2) is 0 Å². The number of carbonyl (C=O) groups is 2. The van der Waals surface area contributed by atoms with Gasteiger partial charge in [-0.25, -0.2) is 0 Å². The lowest BCUT2D eigenvalue weighted by molar-refractivity contribution is -0.140. The topological polar surface area (TPSA) is 78.4 Å². The molecule has 21 heavy (non-hydrogen) atoms. The van der Waals surface area contributed by atoms with E-state index >= 15 is 0 Å². The highest BCUT2D eigenvalue weighted by Crippen LogP contribution is 2.38. The van der Waals surface area contributed by atoms with Gasteiger partial charge in [0.25, 0.3) is 0 Å². The summed E-state index contributed by atoms with van der Waals surface area (Å²) in [5, 5.41) is 15.4. The molecule has 5 heteroatoms. The molecule has 0 unspecified atom stereocenters. The Hall–Kier alpha value is -1.10. The molecule has 0 aliphatic heterocycles. The van der Waals surface area contributed by atoms with Crippen LogP contribution in [0.1, 0.15) is 64.2 Å².